The van der Waals surface area contributed by atoms with Crippen LogP contribution in [-0.2, 0) is 6.18 Å². The number of rotatable bonds is 5. The van der Waals surface area contributed by atoms with E-state index in [2.05, 4.69) is 25.3 Å². The number of fused-ring (bicyclic) bond motifs is 1. The monoisotopic (exact) mass is 431 g/mol. The molecule has 0 aliphatic carbocycles. The second kappa shape index (κ2) is 6.77. The van der Waals surface area contributed by atoms with Crippen LogP contribution in [0.1, 0.15) is 5.56 Å². The molecular weight excluding hydrogens is 416 g/mol. The predicted molar refractivity (Wildman–Crippen MR) is 107 cm³/mol. The van der Waals surface area contributed by atoms with Crippen LogP contribution in [0.3, 0.4) is 0 Å². The van der Waals surface area contributed by atoms with Crippen LogP contribution >= 0.6 is 7.49 Å². The van der Waals surface area contributed by atoms with Gasteiger partial charge in [0.15, 0.2) is 0 Å². The highest BCUT2D eigenvalue weighted by Crippen LogP contribution is 2.52. The zero-order valence-electron chi connectivity index (χ0n) is 15.3. The maximum atomic E-state index is 13.3. The lowest BCUT2D eigenvalue weighted by Gasteiger charge is -2.20. The average Bonchev–Trinajstić information content (AvgIpc) is 3.54. The molecule has 4 heterocycles. The van der Waals surface area contributed by atoms with Gasteiger partial charge in [-0.25, -0.2) is 4.62 Å². The standard InChI is InChI=1S/C19H15F3N6OP/c20-19(21,22)13-7-8-14-15(12-13)28(27-26-14)29-30(16-4-1-9-23-16,17-5-2-10-24-17)18-6-3-11-25-18/h1-12,23-25H/q+1. The molecule has 1 aromatic carbocycles. The van der Waals surface area contributed by atoms with E-state index in [1.165, 1.54) is 6.07 Å². The number of aromatic amines is 3. The molecule has 152 valence electrons. The molecule has 30 heavy (non-hydrogen) atoms. The first-order valence-electron chi connectivity index (χ1n) is 8.92. The number of nitrogens with zero attached hydrogens (tertiary/aromatic N) is 3. The molecule has 7 nitrogen and oxygen atoms in total. The van der Waals surface area contributed by atoms with Crippen LogP contribution in [0.5, 0.6) is 0 Å². The van der Waals surface area contributed by atoms with Crippen molar-refractivity contribution in [2.45, 2.75) is 6.18 Å². The Labute approximate surface area is 168 Å². The number of nitrogens with one attached hydrogen (secondary N) is 3. The normalized spacial score (nSPS) is 12.5. The van der Waals surface area contributed by atoms with E-state index < -0.39 is 19.2 Å². The van der Waals surface area contributed by atoms with E-state index in [4.69, 9.17) is 4.62 Å². The van der Waals surface area contributed by atoms with Gasteiger partial charge in [0.1, 0.15) is 11.0 Å². The summed E-state index contributed by atoms with van der Waals surface area (Å²) < 4.78 is 46.2. The quantitative estimate of drug-likeness (QED) is 0.374. The van der Waals surface area contributed by atoms with E-state index in [1.807, 2.05) is 36.4 Å². The van der Waals surface area contributed by atoms with Gasteiger partial charge < -0.3 is 15.0 Å². The zero-order chi connectivity index (χ0) is 20.8. The lowest BCUT2D eigenvalue weighted by molar-refractivity contribution is -0.137. The van der Waals surface area contributed by atoms with Crippen LogP contribution in [0.15, 0.2) is 73.2 Å². The Hall–Kier alpha value is -3.52. The summed E-state index contributed by atoms with van der Waals surface area (Å²) in [5, 5.41) is 7.97. The Balaban J connectivity index is 1.73. The van der Waals surface area contributed by atoms with Crippen molar-refractivity contribution in [3.63, 3.8) is 0 Å². The number of halogens is 3. The van der Waals surface area contributed by atoms with Crippen LogP contribution in [-0.4, -0.2) is 30.1 Å². The molecule has 5 rings (SSSR count). The fraction of sp³-hybridized carbons (Fsp3) is 0.0526. The Morgan fingerprint density at radius 1 is 0.833 bits per heavy atom. The maximum Gasteiger partial charge on any atom is 0.416 e. The highest BCUT2D eigenvalue weighted by atomic mass is 31.2. The fourth-order valence-electron chi connectivity index (χ4n) is 3.32. The first kappa shape index (κ1) is 18.5. The molecule has 11 heteroatoms. The minimum absolute atomic E-state index is 0.124. The van der Waals surface area contributed by atoms with E-state index in [0.717, 1.165) is 33.3 Å². The minimum Gasteiger partial charge on any atom is -0.330 e. The van der Waals surface area contributed by atoms with Gasteiger partial charge in [-0.2, -0.15) is 13.2 Å². The van der Waals surface area contributed by atoms with Crippen molar-refractivity contribution < 1.29 is 17.8 Å². The molecule has 0 bridgehead atoms. The van der Waals surface area contributed by atoms with Gasteiger partial charge in [-0.3, -0.25) is 0 Å². The van der Waals surface area contributed by atoms with E-state index in [9.17, 15) is 13.2 Å². The smallest absolute Gasteiger partial charge is 0.330 e. The van der Waals surface area contributed by atoms with Crippen LogP contribution in [0.4, 0.5) is 13.2 Å². The molecule has 4 aromatic heterocycles. The first-order valence-corrected chi connectivity index (χ1v) is 10.6. The van der Waals surface area contributed by atoms with Gasteiger partial charge in [-0.05, 0) is 46.5 Å². The van der Waals surface area contributed by atoms with Crippen molar-refractivity contribution in [3.8, 4) is 0 Å². The second-order valence-electron chi connectivity index (χ2n) is 6.52. The molecule has 0 saturated heterocycles. The fourth-order valence-corrected chi connectivity index (χ4v) is 6.37. The summed E-state index contributed by atoms with van der Waals surface area (Å²) in [7, 11) is -2.85. The molecule has 3 N–H and O–H groups in total. The molecule has 0 unspecified atom stereocenters. The number of H-pyrrole nitrogens is 3. The Kier molecular flexibility index (Phi) is 4.18. The number of alkyl halides is 3. The van der Waals surface area contributed by atoms with Crippen molar-refractivity contribution in [3.05, 3.63) is 78.8 Å². The SMILES string of the molecule is FC(F)(F)c1ccc2nnn(O[P+](c3ccc[nH]3)(c3ccc[nH]3)c3ccc[nH]3)c2c1. The molecule has 0 amide bonds. The summed E-state index contributed by atoms with van der Waals surface area (Å²) in [5.74, 6) is 0. The highest BCUT2D eigenvalue weighted by Gasteiger charge is 2.55. The van der Waals surface area contributed by atoms with Gasteiger partial charge in [0, 0.05) is 36.8 Å². The average molecular weight is 431 g/mol. The van der Waals surface area contributed by atoms with Crippen molar-refractivity contribution >= 4 is 34.8 Å². The molecule has 5 aromatic rings. The molecule has 0 aliphatic rings. The summed E-state index contributed by atoms with van der Waals surface area (Å²) in [6, 6.07) is 14.4. The van der Waals surface area contributed by atoms with Crippen LogP contribution in [0.2, 0.25) is 0 Å². The molecule has 0 radical (unpaired) electrons. The molecule has 0 spiro atoms. The minimum atomic E-state index is -4.49. The van der Waals surface area contributed by atoms with Gasteiger partial charge in [0.25, 0.3) is 0 Å². The number of hydrogen-bond donors (Lipinski definition) is 3. The molecule has 0 atom stereocenters. The van der Waals surface area contributed by atoms with Crippen molar-refractivity contribution in [2.24, 2.45) is 0 Å². The Morgan fingerprint density at radius 3 is 1.87 bits per heavy atom. The van der Waals surface area contributed by atoms with Gasteiger partial charge in [0.05, 0.1) is 5.56 Å². The summed E-state index contributed by atoms with van der Waals surface area (Å²) in [6.45, 7) is 0. The van der Waals surface area contributed by atoms with Gasteiger partial charge in [-0.15, -0.1) is 5.10 Å². The summed E-state index contributed by atoms with van der Waals surface area (Å²) in [4.78, 5) is 10.7. The molecule has 0 aliphatic heterocycles. The van der Waals surface area contributed by atoms with E-state index in [0.29, 0.717) is 5.52 Å². The summed E-state index contributed by atoms with van der Waals surface area (Å²) in [6.07, 6.45) is 0.801. The van der Waals surface area contributed by atoms with Gasteiger partial charge in [0.2, 0.25) is 16.3 Å². The third kappa shape index (κ3) is 2.88. The summed E-state index contributed by atoms with van der Waals surface area (Å²) >= 11 is 0. The lowest BCUT2D eigenvalue weighted by Crippen LogP contribution is -2.40. The van der Waals surface area contributed by atoms with Crippen molar-refractivity contribution in [1.82, 2.24) is 30.1 Å². The molecular formula is C19H15F3N6OP+. The number of hydrogen-bond acceptors (Lipinski definition) is 3. The van der Waals surface area contributed by atoms with Crippen LogP contribution in [0, 0.1) is 0 Å². The number of aromatic nitrogens is 6. The van der Waals surface area contributed by atoms with Crippen molar-refractivity contribution in [2.75, 3.05) is 0 Å². The third-order valence-electron chi connectivity index (χ3n) is 4.70. The topological polar surface area (TPSA) is 87.3 Å². The number of benzene rings is 1. The first-order chi connectivity index (χ1) is 14.5. The van der Waals surface area contributed by atoms with E-state index in [1.54, 1.807) is 18.6 Å². The molecule has 0 saturated carbocycles. The summed E-state index contributed by atoms with van der Waals surface area (Å²) in [5.41, 5.74) is 1.88. The zero-order valence-corrected chi connectivity index (χ0v) is 16.2. The Bertz CT molecular complexity index is 1180. The van der Waals surface area contributed by atoms with E-state index in [-0.39, 0.29) is 5.52 Å². The van der Waals surface area contributed by atoms with Crippen molar-refractivity contribution in [1.29, 1.82) is 0 Å². The Morgan fingerprint density at radius 2 is 1.40 bits per heavy atom. The molecule has 0 fully saturated rings. The maximum absolute atomic E-state index is 13.3. The lowest BCUT2D eigenvalue weighted by atomic mass is 10.2. The third-order valence-corrected chi connectivity index (χ3v) is 7.97. The predicted octanol–water partition coefficient (Wildman–Crippen LogP) is 2.77. The highest BCUT2D eigenvalue weighted by molar-refractivity contribution is 7.91. The van der Waals surface area contributed by atoms with Crippen LogP contribution < -0.4 is 20.9 Å². The van der Waals surface area contributed by atoms with Crippen LogP contribution in [0.25, 0.3) is 11.0 Å². The van der Waals surface area contributed by atoms with E-state index >= 15 is 0 Å². The van der Waals surface area contributed by atoms with Gasteiger partial charge >= 0.3 is 13.7 Å². The second-order valence-corrected chi connectivity index (χ2v) is 9.35. The largest absolute Gasteiger partial charge is 0.416 e. The van der Waals surface area contributed by atoms with Gasteiger partial charge in [-0.1, -0.05) is 0 Å².